The summed E-state index contributed by atoms with van der Waals surface area (Å²) < 4.78 is 5.35. The Kier molecular flexibility index (Phi) is 4.06. The van der Waals surface area contributed by atoms with Gasteiger partial charge in [0.25, 0.3) is 0 Å². The average Bonchev–Trinajstić information content (AvgIpc) is 2.86. The van der Waals surface area contributed by atoms with E-state index in [4.69, 9.17) is 4.74 Å². The summed E-state index contributed by atoms with van der Waals surface area (Å²) in [4.78, 5) is 0. The Morgan fingerprint density at radius 1 is 1.29 bits per heavy atom. The molecule has 1 fully saturated rings. The minimum absolute atomic E-state index is 0.386. The van der Waals surface area contributed by atoms with Crippen molar-refractivity contribution in [3.63, 3.8) is 0 Å². The van der Waals surface area contributed by atoms with Gasteiger partial charge < -0.3 is 10.1 Å². The minimum atomic E-state index is 0.386. The number of ether oxygens (including phenoxy) is 1. The number of nitrogens with one attached hydrogen (secondary N) is 1. The van der Waals surface area contributed by atoms with Gasteiger partial charge in [0.1, 0.15) is 5.75 Å². The molecule has 0 aromatic heterocycles. The summed E-state index contributed by atoms with van der Waals surface area (Å²) in [5.74, 6) is 0.984. The van der Waals surface area contributed by atoms with Crippen molar-refractivity contribution >= 4 is 0 Å². The third-order valence-corrected chi connectivity index (χ3v) is 4.10. The van der Waals surface area contributed by atoms with E-state index in [1.165, 1.54) is 37.7 Å². The van der Waals surface area contributed by atoms with Gasteiger partial charge in [0.15, 0.2) is 0 Å². The molecule has 94 valence electrons. The Balaban J connectivity index is 2.25. The van der Waals surface area contributed by atoms with E-state index in [1.807, 2.05) is 13.1 Å². The van der Waals surface area contributed by atoms with Crippen molar-refractivity contribution in [1.29, 1.82) is 0 Å². The van der Waals surface area contributed by atoms with Crippen molar-refractivity contribution in [3.05, 3.63) is 29.8 Å². The normalized spacial score (nSPS) is 18.2. The molecule has 0 saturated heterocycles. The molecule has 0 spiro atoms. The van der Waals surface area contributed by atoms with Crippen LogP contribution >= 0.6 is 0 Å². The number of methoxy groups -OCH3 is 1. The molecular formula is C15H23NO. The quantitative estimate of drug-likeness (QED) is 0.843. The van der Waals surface area contributed by atoms with Crippen LogP contribution in [-0.2, 0) is 5.41 Å². The van der Waals surface area contributed by atoms with E-state index < -0.39 is 0 Å². The van der Waals surface area contributed by atoms with E-state index in [2.05, 4.69) is 23.5 Å². The summed E-state index contributed by atoms with van der Waals surface area (Å²) in [6.07, 6.45) is 6.60. The molecule has 1 aromatic carbocycles. The molecular weight excluding hydrogens is 210 g/mol. The van der Waals surface area contributed by atoms with E-state index in [9.17, 15) is 0 Å². The Hall–Kier alpha value is -1.02. The standard InChI is InChI=1S/C15H23NO/c1-16-11-10-15(8-3-4-9-15)13-6-5-7-14(12-13)17-2/h5-7,12,16H,3-4,8-11H2,1-2H3. The van der Waals surface area contributed by atoms with Gasteiger partial charge in [-0.1, -0.05) is 25.0 Å². The first kappa shape index (κ1) is 12.4. The largest absolute Gasteiger partial charge is 0.497 e. The van der Waals surface area contributed by atoms with Gasteiger partial charge in [0.05, 0.1) is 7.11 Å². The lowest BCUT2D eigenvalue weighted by Crippen LogP contribution is -2.27. The van der Waals surface area contributed by atoms with Gasteiger partial charge in [-0.3, -0.25) is 0 Å². The van der Waals surface area contributed by atoms with E-state index in [0.717, 1.165) is 12.3 Å². The first-order chi connectivity index (χ1) is 8.30. The molecule has 0 radical (unpaired) electrons. The monoisotopic (exact) mass is 233 g/mol. The Morgan fingerprint density at radius 3 is 2.71 bits per heavy atom. The molecule has 0 amide bonds. The molecule has 0 atom stereocenters. The molecule has 0 aliphatic heterocycles. The molecule has 0 unspecified atom stereocenters. The Labute approximate surface area is 104 Å². The smallest absolute Gasteiger partial charge is 0.119 e. The summed E-state index contributed by atoms with van der Waals surface area (Å²) in [7, 11) is 3.78. The van der Waals surface area contributed by atoms with Crippen molar-refractivity contribution in [2.75, 3.05) is 20.7 Å². The summed E-state index contributed by atoms with van der Waals surface area (Å²) >= 11 is 0. The summed E-state index contributed by atoms with van der Waals surface area (Å²) in [6, 6.07) is 8.64. The van der Waals surface area contributed by atoms with Crippen LogP contribution in [0.25, 0.3) is 0 Å². The fraction of sp³-hybridized carbons (Fsp3) is 0.600. The van der Waals surface area contributed by atoms with E-state index in [1.54, 1.807) is 7.11 Å². The first-order valence-corrected chi connectivity index (χ1v) is 6.60. The van der Waals surface area contributed by atoms with Crippen LogP contribution in [0.4, 0.5) is 0 Å². The summed E-state index contributed by atoms with van der Waals surface area (Å²) in [5, 5.41) is 3.29. The third-order valence-electron chi connectivity index (χ3n) is 4.10. The van der Waals surface area contributed by atoms with Gasteiger partial charge in [-0.2, -0.15) is 0 Å². The van der Waals surface area contributed by atoms with Crippen LogP contribution in [0.3, 0.4) is 0 Å². The zero-order valence-corrected chi connectivity index (χ0v) is 11.0. The predicted molar refractivity (Wildman–Crippen MR) is 71.7 cm³/mol. The molecule has 1 aliphatic rings. The number of hydrogen-bond donors (Lipinski definition) is 1. The first-order valence-electron chi connectivity index (χ1n) is 6.60. The molecule has 2 rings (SSSR count). The maximum absolute atomic E-state index is 5.35. The van der Waals surface area contributed by atoms with Crippen LogP contribution in [0.5, 0.6) is 5.75 Å². The van der Waals surface area contributed by atoms with E-state index in [-0.39, 0.29) is 0 Å². The SMILES string of the molecule is CNCCC1(c2cccc(OC)c2)CCCC1. The fourth-order valence-electron chi connectivity index (χ4n) is 3.05. The van der Waals surface area contributed by atoms with Crippen molar-refractivity contribution in [1.82, 2.24) is 5.32 Å². The van der Waals surface area contributed by atoms with Crippen LogP contribution in [0.15, 0.2) is 24.3 Å². The fourth-order valence-corrected chi connectivity index (χ4v) is 3.05. The zero-order valence-electron chi connectivity index (χ0n) is 11.0. The minimum Gasteiger partial charge on any atom is -0.497 e. The second kappa shape index (κ2) is 5.54. The van der Waals surface area contributed by atoms with E-state index >= 15 is 0 Å². The van der Waals surface area contributed by atoms with Crippen molar-refractivity contribution in [2.24, 2.45) is 0 Å². The van der Waals surface area contributed by atoms with Gasteiger partial charge in [-0.15, -0.1) is 0 Å². The molecule has 1 aliphatic carbocycles. The second-order valence-corrected chi connectivity index (χ2v) is 5.07. The maximum atomic E-state index is 5.35. The van der Waals surface area contributed by atoms with E-state index in [0.29, 0.717) is 5.41 Å². The molecule has 1 aromatic rings. The summed E-state index contributed by atoms with van der Waals surface area (Å²) in [6.45, 7) is 1.09. The van der Waals surface area contributed by atoms with Gasteiger partial charge in [-0.05, 0) is 56.0 Å². The van der Waals surface area contributed by atoms with Crippen LogP contribution in [-0.4, -0.2) is 20.7 Å². The van der Waals surface area contributed by atoms with Crippen LogP contribution < -0.4 is 10.1 Å². The molecule has 1 saturated carbocycles. The lowest BCUT2D eigenvalue weighted by Gasteiger charge is -2.30. The molecule has 0 heterocycles. The topological polar surface area (TPSA) is 21.3 Å². The van der Waals surface area contributed by atoms with Crippen molar-refractivity contribution < 1.29 is 4.74 Å². The Morgan fingerprint density at radius 2 is 2.06 bits per heavy atom. The number of rotatable bonds is 5. The van der Waals surface area contributed by atoms with Crippen molar-refractivity contribution in [3.8, 4) is 5.75 Å². The average molecular weight is 233 g/mol. The van der Waals surface area contributed by atoms with Gasteiger partial charge >= 0.3 is 0 Å². The molecule has 2 heteroatoms. The van der Waals surface area contributed by atoms with Crippen LogP contribution in [0.1, 0.15) is 37.7 Å². The number of benzene rings is 1. The second-order valence-electron chi connectivity index (χ2n) is 5.07. The zero-order chi connectivity index (χ0) is 12.1. The molecule has 0 bridgehead atoms. The highest BCUT2D eigenvalue weighted by atomic mass is 16.5. The highest BCUT2D eigenvalue weighted by molar-refractivity contribution is 5.34. The number of hydrogen-bond acceptors (Lipinski definition) is 2. The molecule has 1 N–H and O–H groups in total. The molecule has 17 heavy (non-hydrogen) atoms. The van der Waals surface area contributed by atoms with Crippen LogP contribution in [0.2, 0.25) is 0 Å². The molecule has 2 nitrogen and oxygen atoms in total. The van der Waals surface area contributed by atoms with Gasteiger partial charge in [0, 0.05) is 0 Å². The highest BCUT2D eigenvalue weighted by Crippen LogP contribution is 2.44. The predicted octanol–water partition coefficient (Wildman–Crippen LogP) is 3.12. The van der Waals surface area contributed by atoms with Crippen LogP contribution in [0, 0.1) is 0 Å². The Bertz CT molecular complexity index is 356. The lowest BCUT2D eigenvalue weighted by atomic mass is 9.76. The summed E-state index contributed by atoms with van der Waals surface area (Å²) in [5.41, 5.74) is 1.85. The van der Waals surface area contributed by atoms with Gasteiger partial charge in [-0.25, -0.2) is 0 Å². The lowest BCUT2D eigenvalue weighted by molar-refractivity contribution is 0.389. The van der Waals surface area contributed by atoms with Crippen molar-refractivity contribution in [2.45, 2.75) is 37.5 Å². The highest BCUT2D eigenvalue weighted by Gasteiger charge is 2.34. The maximum Gasteiger partial charge on any atom is 0.119 e. The third kappa shape index (κ3) is 2.63. The van der Waals surface area contributed by atoms with Gasteiger partial charge in [0.2, 0.25) is 0 Å².